The lowest BCUT2D eigenvalue weighted by atomic mass is 10.1. The lowest BCUT2D eigenvalue weighted by molar-refractivity contribution is -0.0504. The third-order valence-corrected chi connectivity index (χ3v) is 2.62. The summed E-state index contributed by atoms with van der Waals surface area (Å²) in [4.78, 5) is 8.17. The van der Waals surface area contributed by atoms with Crippen LogP contribution in [0.25, 0.3) is 0 Å². The van der Waals surface area contributed by atoms with Gasteiger partial charge in [0.2, 0.25) is 0 Å². The molecule has 0 aliphatic carbocycles. The molecule has 0 amide bonds. The van der Waals surface area contributed by atoms with E-state index in [1.165, 1.54) is 0 Å². The van der Waals surface area contributed by atoms with Crippen LogP contribution in [-0.4, -0.2) is 50.6 Å². The highest BCUT2D eigenvalue weighted by Gasteiger charge is 2.11. The summed E-state index contributed by atoms with van der Waals surface area (Å²) in [6, 6.07) is 5.10. The lowest BCUT2D eigenvalue weighted by Crippen LogP contribution is -2.35. The van der Waals surface area contributed by atoms with Crippen LogP contribution in [-0.2, 0) is 6.54 Å². The molecule has 21 heavy (non-hydrogen) atoms. The number of benzene rings is 1. The second-order valence-electron chi connectivity index (χ2n) is 4.89. The molecule has 7 heteroatoms. The summed E-state index contributed by atoms with van der Waals surface area (Å²) < 4.78 is 29.3. The fourth-order valence-electron chi connectivity index (χ4n) is 1.88. The molecule has 0 saturated heterocycles. The van der Waals surface area contributed by atoms with Gasteiger partial charge in [-0.1, -0.05) is 17.7 Å². The van der Waals surface area contributed by atoms with Gasteiger partial charge in [0, 0.05) is 33.8 Å². The Labute approximate surface area is 141 Å². The number of guanidine groups is 1. The maximum atomic E-state index is 12.4. The second kappa shape index (κ2) is 9.01. The molecule has 0 atom stereocenters. The molecule has 0 bridgehead atoms. The van der Waals surface area contributed by atoms with E-state index in [1.807, 2.05) is 51.0 Å². The van der Waals surface area contributed by atoms with Crippen LogP contribution in [0.2, 0.25) is 0 Å². The average molecular weight is 413 g/mol. The summed E-state index contributed by atoms with van der Waals surface area (Å²) in [6.45, 7) is -0.643. The summed E-state index contributed by atoms with van der Waals surface area (Å²) in [5.41, 5.74) is 1.62. The summed E-state index contributed by atoms with van der Waals surface area (Å²) in [7, 11) is 7.52. The number of hydrogen-bond donors (Lipinski definition) is 0. The zero-order chi connectivity index (χ0) is 15.3. The molecular formula is C14H22F2IN3O. The van der Waals surface area contributed by atoms with Gasteiger partial charge in [0.15, 0.2) is 5.96 Å². The Balaban J connectivity index is 0.00000400. The predicted molar refractivity (Wildman–Crippen MR) is 91.7 cm³/mol. The third-order valence-electron chi connectivity index (χ3n) is 2.62. The molecule has 1 aromatic rings. The summed E-state index contributed by atoms with van der Waals surface area (Å²) >= 11 is 0. The van der Waals surface area contributed by atoms with Crippen LogP contribution in [0.4, 0.5) is 8.78 Å². The van der Waals surface area contributed by atoms with Gasteiger partial charge in [0.1, 0.15) is 5.75 Å². The van der Waals surface area contributed by atoms with Crippen LogP contribution in [0.5, 0.6) is 5.75 Å². The molecule has 0 spiro atoms. The van der Waals surface area contributed by atoms with Gasteiger partial charge in [-0.2, -0.15) is 8.78 Å². The van der Waals surface area contributed by atoms with Gasteiger partial charge in [0.05, 0.1) is 6.54 Å². The Morgan fingerprint density at radius 2 is 1.76 bits per heavy atom. The van der Waals surface area contributed by atoms with E-state index >= 15 is 0 Å². The molecule has 0 aliphatic heterocycles. The van der Waals surface area contributed by atoms with Crippen molar-refractivity contribution >= 4 is 29.9 Å². The van der Waals surface area contributed by atoms with E-state index in [0.29, 0.717) is 5.56 Å². The van der Waals surface area contributed by atoms with E-state index in [-0.39, 0.29) is 36.3 Å². The molecule has 0 N–H and O–H groups in total. The lowest BCUT2D eigenvalue weighted by Gasteiger charge is -2.22. The largest absolute Gasteiger partial charge is 0.434 e. The molecule has 0 heterocycles. The fraction of sp³-hybridized carbons (Fsp3) is 0.500. The highest BCUT2D eigenvalue weighted by molar-refractivity contribution is 14.0. The number of nitrogens with zero attached hydrogens (tertiary/aromatic N) is 3. The third kappa shape index (κ3) is 6.45. The van der Waals surface area contributed by atoms with Crippen LogP contribution in [0.15, 0.2) is 23.2 Å². The van der Waals surface area contributed by atoms with E-state index in [9.17, 15) is 8.78 Å². The molecule has 1 aromatic carbocycles. The Bertz CT molecular complexity index is 469. The van der Waals surface area contributed by atoms with Gasteiger partial charge in [-0.05, 0) is 13.0 Å². The highest BCUT2D eigenvalue weighted by atomic mass is 127. The second-order valence-corrected chi connectivity index (χ2v) is 4.89. The number of alkyl halides is 2. The molecule has 1 rings (SSSR count). The Morgan fingerprint density at radius 3 is 2.24 bits per heavy atom. The number of aryl methyl sites for hydroxylation is 1. The van der Waals surface area contributed by atoms with Crippen molar-refractivity contribution in [3.8, 4) is 5.75 Å². The van der Waals surface area contributed by atoms with Crippen LogP contribution in [0.3, 0.4) is 0 Å². The SMILES string of the molecule is Cc1ccc(OC(F)F)c(CN=C(N(C)C)N(C)C)c1.I. The molecule has 0 radical (unpaired) electrons. The van der Waals surface area contributed by atoms with Crippen LogP contribution in [0.1, 0.15) is 11.1 Å². The Hall–Kier alpha value is -1.12. The molecule has 0 aliphatic rings. The van der Waals surface area contributed by atoms with E-state index < -0.39 is 6.61 Å². The minimum Gasteiger partial charge on any atom is -0.434 e. The van der Waals surface area contributed by atoms with E-state index in [2.05, 4.69) is 9.73 Å². The summed E-state index contributed by atoms with van der Waals surface area (Å²) in [5, 5.41) is 0. The predicted octanol–water partition coefficient (Wildman–Crippen LogP) is 3.19. The zero-order valence-corrected chi connectivity index (χ0v) is 15.3. The van der Waals surface area contributed by atoms with E-state index in [4.69, 9.17) is 0 Å². The first-order valence-electron chi connectivity index (χ1n) is 6.24. The number of hydrogen-bond acceptors (Lipinski definition) is 2. The van der Waals surface area contributed by atoms with Gasteiger partial charge in [-0.25, -0.2) is 4.99 Å². The van der Waals surface area contributed by atoms with E-state index in [0.717, 1.165) is 11.5 Å². The molecule has 0 aromatic heterocycles. The van der Waals surface area contributed by atoms with Crippen molar-refractivity contribution in [3.63, 3.8) is 0 Å². The maximum Gasteiger partial charge on any atom is 0.387 e. The zero-order valence-electron chi connectivity index (χ0n) is 12.9. The van der Waals surface area contributed by atoms with Crippen LogP contribution in [0, 0.1) is 6.92 Å². The molecule has 4 nitrogen and oxygen atoms in total. The van der Waals surface area contributed by atoms with Gasteiger partial charge >= 0.3 is 6.61 Å². The van der Waals surface area contributed by atoms with E-state index in [1.54, 1.807) is 12.1 Å². The molecule has 120 valence electrons. The van der Waals surface area contributed by atoms with Gasteiger partial charge < -0.3 is 14.5 Å². The van der Waals surface area contributed by atoms with Gasteiger partial charge in [-0.3, -0.25) is 0 Å². The van der Waals surface area contributed by atoms with Crippen molar-refractivity contribution in [3.05, 3.63) is 29.3 Å². The smallest absolute Gasteiger partial charge is 0.387 e. The highest BCUT2D eigenvalue weighted by Crippen LogP contribution is 2.23. The number of ether oxygens (including phenoxy) is 1. The maximum absolute atomic E-state index is 12.4. The minimum absolute atomic E-state index is 0. The van der Waals surface area contributed by atoms with Crippen LogP contribution >= 0.6 is 24.0 Å². The van der Waals surface area contributed by atoms with Crippen molar-refractivity contribution in [2.75, 3.05) is 28.2 Å². The molecule has 0 unspecified atom stereocenters. The monoisotopic (exact) mass is 413 g/mol. The van der Waals surface area contributed by atoms with Crippen molar-refractivity contribution in [1.29, 1.82) is 0 Å². The standard InChI is InChI=1S/C14H21F2N3O.HI/c1-10-6-7-12(20-13(15)16)11(8-10)9-17-14(18(2)3)19(4)5;/h6-8,13H,9H2,1-5H3;1H. The van der Waals surface area contributed by atoms with Crippen molar-refractivity contribution in [1.82, 2.24) is 9.80 Å². The normalized spacial score (nSPS) is 9.90. The molecular weight excluding hydrogens is 391 g/mol. The van der Waals surface area contributed by atoms with Crippen LogP contribution < -0.4 is 4.74 Å². The molecule has 0 fully saturated rings. The van der Waals surface area contributed by atoms with Crippen molar-refractivity contribution in [2.24, 2.45) is 4.99 Å². The Morgan fingerprint density at radius 1 is 1.19 bits per heavy atom. The topological polar surface area (TPSA) is 28.1 Å². The number of rotatable bonds is 4. The van der Waals surface area contributed by atoms with Crippen molar-refractivity contribution in [2.45, 2.75) is 20.1 Å². The first-order valence-corrected chi connectivity index (χ1v) is 6.24. The first kappa shape index (κ1) is 19.9. The quantitative estimate of drug-likeness (QED) is 0.431. The summed E-state index contributed by atoms with van der Waals surface area (Å²) in [6.07, 6.45) is 0. The molecule has 0 saturated carbocycles. The van der Waals surface area contributed by atoms with Gasteiger partial charge in [-0.15, -0.1) is 24.0 Å². The average Bonchev–Trinajstić information content (AvgIpc) is 2.31. The number of aliphatic imine (C=N–C) groups is 1. The minimum atomic E-state index is -2.83. The fourth-order valence-corrected chi connectivity index (χ4v) is 1.88. The Kier molecular flexibility index (Phi) is 8.53. The van der Waals surface area contributed by atoms with Gasteiger partial charge in [0.25, 0.3) is 0 Å². The number of halogens is 3. The summed E-state index contributed by atoms with van der Waals surface area (Å²) in [5.74, 6) is 0.931. The van der Waals surface area contributed by atoms with Crippen molar-refractivity contribution < 1.29 is 13.5 Å². The first-order chi connectivity index (χ1) is 9.31.